The number of carbonyl (C=O) groups excluding carboxylic acids is 1. The summed E-state index contributed by atoms with van der Waals surface area (Å²) in [6.07, 6.45) is 5.12. The fourth-order valence-corrected chi connectivity index (χ4v) is 1.97. The summed E-state index contributed by atoms with van der Waals surface area (Å²) in [5.74, 6) is -0.128. The minimum Gasteiger partial charge on any atom is -0.321 e. The van der Waals surface area contributed by atoms with Gasteiger partial charge in [0, 0.05) is 5.56 Å². The first kappa shape index (κ1) is 14.7. The summed E-state index contributed by atoms with van der Waals surface area (Å²) in [6.45, 7) is 1.90. The van der Waals surface area contributed by atoms with Crippen molar-refractivity contribution in [1.29, 1.82) is 0 Å². The lowest BCUT2D eigenvalue weighted by molar-refractivity contribution is -0.115. The van der Waals surface area contributed by atoms with Crippen LogP contribution in [-0.4, -0.2) is 5.91 Å². The highest BCUT2D eigenvalue weighted by atomic mass is 19.1. The van der Waals surface area contributed by atoms with Gasteiger partial charge in [-0.15, -0.1) is 6.42 Å². The number of nitrogens with one attached hydrogen (secondary N) is 1. The average Bonchev–Trinajstić information content (AvgIpc) is 2.42. The van der Waals surface area contributed by atoms with E-state index in [-0.39, 0.29) is 12.0 Å². The van der Waals surface area contributed by atoms with Gasteiger partial charge in [0.2, 0.25) is 5.91 Å². The maximum Gasteiger partial charge on any atom is 0.228 e. The van der Waals surface area contributed by atoms with Gasteiger partial charge >= 0.3 is 0 Å². The van der Waals surface area contributed by atoms with Crippen molar-refractivity contribution in [3.05, 3.63) is 64.7 Å². The summed E-state index contributed by atoms with van der Waals surface area (Å²) in [5.41, 5.74) is 1.39. The Morgan fingerprint density at radius 1 is 1.24 bits per heavy atom. The molecule has 4 heteroatoms. The second kappa shape index (κ2) is 6.19. The van der Waals surface area contributed by atoms with Crippen LogP contribution in [0.3, 0.4) is 0 Å². The number of aryl methyl sites for hydroxylation is 1. The number of anilines is 1. The van der Waals surface area contributed by atoms with Crippen LogP contribution in [0, 0.1) is 30.9 Å². The van der Waals surface area contributed by atoms with Crippen molar-refractivity contribution in [1.82, 2.24) is 0 Å². The molecule has 0 aliphatic rings. The Balaban J connectivity index is 2.15. The second-order valence-corrected chi connectivity index (χ2v) is 4.67. The molecule has 21 heavy (non-hydrogen) atoms. The predicted octanol–water partition coefficient (Wildman–Crippen LogP) is 3.44. The van der Waals surface area contributed by atoms with Crippen LogP contribution < -0.4 is 5.32 Å². The lowest BCUT2D eigenvalue weighted by Crippen LogP contribution is -2.16. The van der Waals surface area contributed by atoms with Crippen molar-refractivity contribution in [2.24, 2.45) is 0 Å². The summed E-state index contributed by atoms with van der Waals surface area (Å²) < 4.78 is 27.4. The van der Waals surface area contributed by atoms with Crippen molar-refractivity contribution in [2.45, 2.75) is 13.3 Å². The fourth-order valence-electron chi connectivity index (χ4n) is 1.97. The molecule has 0 unspecified atom stereocenters. The molecule has 106 valence electrons. The van der Waals surface area contributed by atoms with Crippen molar-refractivity contribution < 1.29 is 13.6 Å². The molecule has 1 amide bonds. The first-order valence-electron chi connectivity index (χ1n) is 6.30. The molecule has 0 atom stereocenters. The molecule has 0 bridgehead atoms. The Bertz CT molecular complexity index is 709. The molecule has 0 saturated heterocycles. The molecule has 2 nitrogen and oxygen atoms in total. The van der Waals surface area contributed by atoms with Gasteiger partial charge in [0.25, 0.3) is 0 Å². The van der Waals surface area contributed by atoms with Crippen LogP contribution in [0.1, 0.15) is 16.7 Å². The van der Waals surface area contributed by atoms with Crippen molar-refractivity contribution in [3.8, 4) is 12.3 Å². The monoisotopic (exact) mass is 285 g/mol. The lowest BCUT2D eigenvalue weighted by Gasteiger charge is -2.08. The van der Waals surface area contributed by atoms with E-state index in [1.807, 2.05) is 25.1 Å². The summed E-state index contributed by atoms with van der Waals surface area (Å²) in [6, 6.07) is 9.35. The maximum atomic E-state index is 13.7. The number of hydrogen-bond donors (Lipinski definition) is 1. The van der Waals surface area contributed by atoms with Crippen LogP contribution in [0.5, 0.6) is 0 Å². The summed E-state index contributed by atoms with van der Waals surface area (Å²) in [7, 11) is 0. The Kier molecular flexibility index (Phi) is 4.34. The van der Waals surface area contributed by atoms with Crippen LogP contribution in [0.2, 0.25) is 0 Å². The summed E-state index contributed by atoms with van der Waals surface area (Å²) in [5, 5.41) is 2.24. The van der Waals surface area contributed by atoms with Crippen LogP contribution in [0.15, 0.2) is 36.4 Å². The van der Waals surface area contributed by atoms with Crippen LogP contribution >= 0.6 is 0 Å². The molecule has 2 aromatic carbocycles. The average molecular weight is 285 g/mol. The number of rotatable bonds is 3. The number of halogens is 2. The number of terminal acetylenes is 1. The molecule has 0 aliphatic carbocycles. The molecule has 0 aliphatic heterocycles. The Morgan fingerprint density at radius 3 is 2.48 bits per heavy atom. The number of carbonyl (C=O) groups is 1. The fraction of sp³-hybridized carbons (Fsp3) is 0.118. The van der Waals surface area contributed by atoms with Gasteiger partial charge in [-0.3, -0.25) is 4.79 Å². The van der Waals surface area contributed by atoms with Crippen LogP contribution in [0.4, 0.5) is 14.5 Å². The smallest absolute Gasteiger partial charge is 0.228 e. The van der Waals surface area contributed by atoms with Gasteiger partial charge in [-0.25, -0.2) is 8.78 Å². The van der Waals surface area contributed by atoms with E-state index in [2.05, 4.69) is 11.2 Å². The Morgan fingerprint density at radius 2 is 1.90 bits per heavy atom. The molecule has 1 N–H and O–H groups in total. The van der Waals surface area contributed by atoms with E-state index in [0.717, 1.165) is 23.3 Å². The third kappa shape index (κ3) is 3.67. The lowest BCUT2D eigenvalue weighted by atomic mass is 10.1. The zero-order valence-electron chi connectivity index (χ0n) is 11.4. The SMILES string of the molecule is C#Cc1cc(F)c(NC(=O)Cc2cccc(C)c2)c(F)c1. The van der Waals surface area contributed by atoms with E-state index in [9.17, 15) is 13.6 Å². The highest BCUT2D eigenvalue weighted by Gasteiger charge is 2.14. The highest BCUT2D eigenvalue weighted by molar-refractivity contribution is 5.92. The summed E-state index contributed by atoms with van der Waals surface area (Å²) in [4.78, 5) is 11.9. The normalized spacial score (nSPS) is 10.0. The van der Waals surface area contributed by atoms with E-state index < -0.39 is 23.2 Å². The molecule has 0 fully saturated rings. The topological polar surface area (TPSA) is 29.1 Å². The van der Waals surface area contributed by atoms with Crippen molar-refractivity contribution >= 4 is 11.6 Å². The van der Waals surface area contributed by atoms with Gasteiger partial charge in [0.15, 0.2) is 11.6 Å². The molecule has 0 radical (unpaired) electrons. The minimum atomic E-state index is -0.888. The third-order valence-electron chi connectivity index (χ3n) is 2.92. The van der Waals surface area contributed by atoms with E-state index in [1.54, 1.807) is 6.07 Å². The quantitative estimate of drug-likeness (QED) is 0.860. The van der Waals surface area contributed by atoms with Gasteiger partial charge < -0.3 is 5.32 Å². The number of hydrogen-bond acceptors (Lipinski definition) is 1. The minimum absolute atomic E-state index is 0.0391. The first-order valence-corrected chi connectivity index (χ1v) is 6.30. The molecule has 0 aromatic heterocycles. The second-order valence-electron chi connectivity index (χ2n) is 4.67. The highest BCUT2D eigenvalue weighted by Crippen LogP contribution is 2.20. The Labute approximate surface area is 121 Å². The molecular formula is C17H13F2NO. The molecule has 2 rings (SSSR count). The first-order chi connectivity index (χ1) is 9.99. The van der Waals surface area contributed by atoms with E-state index in [0.29, 0.717) is 0 Å². The van der Waals surface area contributed by atoms with Crippen LogP contribution in [-0.2, 0) is 11.2 Å². The number of amides is 1. The predicted molar refractivity (Wildman–Crippen MR) is 77.8 cm³/mol. The zero-order valence-corrected chi connectivity index (χ0v) is 11.4. The molecular weight excluding hydrogens is 272 g/mol. The van der Waals surface area contributed by atoms with Crippen molar-refractivity contribution in [2.75, 3.05) is 5.32 Å². The van der Waals surface area contributed by atoms with Crippen LogP contribution in [0.25, 0.3) is 0 Å². The Hall–Kier alpha value is -2.67. The van der Waals surface area contributed by atoms with Gasteiger partial charge in [0.1, 0.15) is 5.69 Å². The summed E-state index contributed by atoms with van der Waals surface area (Å²) >= 11 is 0. The molecule has 0 heterocycles. The maximum absolute atomic E-state index is 13.7. The third-order valence-corrected chi connectivity index (χ3v) is 2.92. The molecule has 0 spiro atoms. The number of benzene rings is 2. The largest absolute Gasteiger partial charge is 0.321 e. The van der Waals surface area contributed by atoms with E-state index >= 15 is 0 Å². The van der Waals surface area contributed by atoms with E-state index in [1.165, 1.54) is 0 Å². The molecule has 2 aromatic rings. The standard InChI is InChI=1S/C17H13F2NO/c1-3-12-8-14(18)17(15(19)9-12)20-16(21)10-13-6-4-5-11(2)7-13/h1,4-9H,10H2,2H3,(H,20,21). The van der Waals surface area contributed by atoms with Gasteiger partial charge in [-0.05, 0) is 24.6 Å². The van der Waals surface area contributed by atoms with Crippen molar-refractivity contribution in [3.63, 3.8) is 0 Å². The van der Waals surface area contributed by atoms with Gasteiger partial charge in [-0.1, -0.05) is 35.7 Å². The van der Waals surface area contributed by atoms with E-state index in [4.69, 9.17) is 6.42 Å². The molecule has 0 saturated carbocycles. The van der Waals surface area contributed by atoms with Gasteiger partial charge in [-0.2, -0.15) is 0 Å². The zero-order chi connectivity index (χ0) is 15.4. The van der Waals surface area contributed by atoms with Gasteiger partial charge in [0.05, 0.1) is 6.42 Å².